The fourth-order valence-electron chi connectivity index (χ4n) is 2.73. The van der Waals surface area contributed by atoms with Crippen LogP contribution in [0.3, 0.4) is 0 Å². The van der Waals surface area contributed by atoms with Crippen molar-refractivity contribution < 1.29 is 9.90 Å². The highest BCUT2D eigenvalue weighted by atomic mass is 16.4. The zero-order valence-corrected chi connectivity index (χ0v) is 12.9. The van der Waals surface area contributed by atoms with Gasteiger partial charge < -0.3 is 15.7 Å². The second-order valence-electron chi connectivity index (χ2n) is 6.36. The first-order chi connectivity index (χ1) is 9.96. The van der Waals surface area contributed by atoms with Crippen LogP contribution in [0.1, 0.15) is 50.8 Å². The minimum Gasteiger partial charge on any atom is -0.465 e. The van der Waals surface area contributed by atoms with Crippen LogP contribution in [0.2, 0.25) is 0 Å². The molecule has 0 saturated carbocycles. The van der Waals surface area contributed by atoms with Gasteiger partial charge in [0.15, 0.2) is 0 Å². The van der Waals surface area contributed by atoms with Gasteiger partial charge in [0.2, 0.25) is 0 Å². The predicted octanol–water partition coefficient (Wildman–Crippen LogP) is 3.20. The summed E-state index contributed by atoms with van der Waals surface area (Å²) in [6.45, 7) is 4.85. The van der Waals surface area contributed by atoms with Crippen LogP contribution in [-0.4, -0.2) is 28.3 Å². The Morgan fingerprint density at radius 2 is 2.24 bits per heavy atom. The molecule has 5 heteroatoms. The van der Waals surface area contributed by atoms with Crippen molar-refractivity contribution in [1.82, 2.24) is 10.3 Å². The summed E-state index contributed by atoms with van der Waals surface area (Å²) in [5.74, 6) is 1.05. The topological polar surface area (TPSA) is 74.2 Å². The number of nitrogens with one attached hydrogen (secondary N) is 2. The first kappa shape index (κ1) is 15.6. The van der Waals surface area contributed by atoms with Gasteiger partial charge in [-0.3, -0.25) is 0 Å². The first-order valence-corrected chi connectivity index (χ1v) is 7.70. The molecule has 1 amide bonds. The van der Waals surface area contributed by atoms with Crippen LogP contribution in [-0.2, 0) is 12.8 Å². The second-order valence-corrected chi connectivity index (χ2v) is 6.36. The van der Waals surface area contributed by atoms with E-state index in [0.29, 0.717) is 0 Å². The molecule has 5 nitrogen and oxygen atoms in total. The van der Waals surface area contributed by atoms with Crippen LogP contribution < -0.4 is 10.6 Å². The number of unbranched alkanes of at least 4 members (excludes halogenated alkanes) is 1. The van der Waals surface area contributed by atoms with E-state index in [1.807, 2.05) is 13.8 Å². The molecular weight excluding hydrogens is 266 g/mol. The van der Waals surface area contributed by atoms with Crippen molar-refractivity contribution in [2.45, 2.75) is 57.9 Å². The Bertz CT molecular complexity index is 500. The lowest BCUT2D eigenvalue weighted by atomic mass is 9.96. The normalized spacial score (nSPS) is 14.2. The lowest BCUT2D eigenvalue weighted by molar-refractivity contribution is 0.180. The van der Waals surface area contributed by atoms with E-state index in [0.717, 1.165) is 50.2 Å². The van der Waals surface area contributed by atoms with Crippen molar-refractivity contribution in [3.8, 4) is 0 Å². The summed E-state index contributed by atoms with van der Waals surface area (Å²) in [6, 6.07) is 4.30. The zero-order valence-electron chi connectivity index (χ0n) is 12.9. The molecule has 0 fully saturated rings. The van der Waals surface area contributed by atoms with Crippen molar-refractivity contribution in [2.75, 3.05) is 11.9 Å². The molecule has 1 aromatic heterocycles. The van der Waals surface area contributed by atoms with Gasteiger partial charge >= 0.3 is 6.09 Å². The van der Waals surface area contributed by atoms with Gasteiger partial charge in [0.1, 0.15) is 5.82 Å². The number of fused-ring (bicyclic) bond motifs is 1. The predicted molar refractivity (Wildman–Crippen MR) is 83.8 cm³/mol. The number of aryl methyl sites for hydroxylation is 2. The van der Waals surface area contributed by atoms with Crippen LogP contribution in [0.15, 0.2) is 12.1 Å². The van der Waals surface area contributed by atoms with Gasteiger partial charge in [0, 0.05) is 17.8 Å². The average Bonchev–Trinajstić information content (AvgIpc) is 2.42. The van der Waals surface area contributed by atoms with Gasteiger partial charge in [-0.15, -0.1) is 0 Å². The van der Waals surface area contributed by atoms with Gasteiger partial charge in [0.25, 0.3) is 0 Å². The lowest BCUT2D eigenvalue weighted by Gasteiger charge is -2.24. The fourth-order valence-corrected chi connectivity index (χ4v) is 2.73. The van der Waals surface area contributed by atoms with E-state index in [9.17, 15) is 4.79 Å². The summed E-state index contributed by atoms with van der Waals surface area (Å²) >= 11 is 0. The fraction of sp³-hybridized carbons (Fsp3) is 0.625. The number of carbonyl (C=O) groups is 1. The third-order valence-electron chi connectivity index (χ3n) is 3.88. The summed E-state index contributed by atoms with van der Waals surface area (Å²) in [4.78, 5) is 15.4. The average molecular weight is 291 g/mol. The largest absolute Gasteiger partial charge is 0.465 e. The highest BCUT2D eigenvalue weighted by Gasteiger charge is 2.19. The van der Waals surface area contributed by atoms with Crippen molar-refractivity contribution in [3.05, 3.63) is 23.4 Å². The Morgan fingerprint density at radius 3 is 3.00 bits per heavy atom. The van der Waals surface area contributed by atoms with Gasteiger partial charge in [-0.1, -0.05) is 12.5 Å². The van der Waals surface area contributed by atoms with Gasteiger partial charge in [0.05, 0.1) is 0 Å². The summed E-state index contributed by atoms with van der Waals surface area (Å²) in [5.41, 5.74) is 2.07. The monoisotopic (exact) mass is 291 g/mol. The number of pyridine rings is 1. The van der Waals surface area contributed by atoms with E-state index < -0.39 is 6.09 Å². The smallest absolute Gasteiger partial charge is 0.405 e. The molecule has 0 spiro atoms. The third kappa shape index (κ3) is 4.92. The Kier molecular flexibility index (Phi) is 5.04. The molecule has 3 N–H and O–H groups in total. The molecule has 0 aliphatic carbocycles. The molecule has 116 valence electrons. The van der Waals surface area contributed by atoms with Crippen molar-refractivity contribution in [2.24, 2.45) is 0 Å². The molecule has 2 heterocycles. The molecule has 1 aromatic rings. The lowest BCUT2D eigenvalue weighted by Crippen LogP contribution is -2.42. The molecule has 21 heavy (non-hydrogen) atoms. The molecule has 0 aromatic carbocycles. The van der Waals surface area contributed by atoms with Crippen LogP contribution >= 0.6 is 0 Å². The Hall–Kier alpha value is -1.78. The maximum Gasteiger partial charge on any atom is 0.405 e. The number of hydrogen-bond donors (Lipinski definition) is 3. The first-order valence-electron chi connectivity index (χ1n) is 7.70. The molecule has 0 radical (unpaired) electrons. The Balaban J connectivity index is 1.77. The van der Waals surface area contributed by atoms with E-state index >= 15 is 0 Å². The molecular formula is C16H25N3O2. The SMILES string of the molecule is CC(C)(CCCCc1ccc2c(n1)NCCC2)NC(=O)O. The van der Waals surface area contributed by atoms with E-state index in [1.54, 1.807) is 0 Å². The zero-order chi connectivity index (χ0) is 15.3. The molecule has 0 unspecified atom stereocenters. The maximum atomic E-state index is 10.7. The summed E-state index contributed by atoms with van der Waals surface area (Å²) in [6.07, 6.45) is 5.13. The maximum absolute atomic E-state index is 10.7. The quantitative estimate of drug-likeness (QED) is 0.704. The van der Waals surface area contributed by atoms with Crippen molar-refractivity contribution in [1.29, 1.82) is 0 Å². The van der Waals surface area contributed by atoms with E-state index in [2.05, 4.69) is 27.8 Å². The van der Waals surface area contributed by atoms with Crippen LogP contribution in [0, 0.1) is 0 Å². The Morgan fingerprint density at radius 1 is 1.43 bits per heavy atom. The number of aromatic nitrogens is 1. The molecule has 0 bridgehead atoms. The number of hydrogen-bond acceptors (Lipinski definition) is 3. The number of nitrogens with zero attached hydrogens (tertiary/aromatic N) is 1. The second kappa shape index (κ2) is 6.78. The number of carboxylic acid groups (broad SMARTS) is 1. The molecule has 2 rings (SSSR count). The minimum absolute atomic E-state index is 0.364. The van der Waals surface area contributed by atoms with Crippen LogP contribution in [0.4, 0.5) is 10.6 Å². The number of anilines is 1. The number of rotatable bonds is 6. The summed E-state index contributed by atoms with van der Waals surface area (Å²) in [7, 11) is 0. The summed E-state index contributed by atoms with van der Waals surface area (Å²) < 4.78 is 0. The standard InChI is InChI=1S/C16H25N3O2/c1-16(2,19-15(20)21)10-4-3-7-13-9-8-12-6-5-11-17-14(12)18-13/h8-9,19H,3-7,10-11H2,1-2H3,(H,17,18)(H,20,21). The molecule has 1 aliphatic heterocycles. The molecule has 1 aliphatic rings. The van der Waals surface area contributed by atoms with Crippen molar-refractivity contribution in [3.63, 3.8) is 0 Å². The Labute approximate surface area is 126 Å². The van der Waals surface area contributed by atoms with Gasteiger partial charge in [-0.25, -0.2) is 9.78 Å². The third-order valence-corrected chi connectivity index (χ3v) is 3.88. The number of amides is 1. The van der Waals surface area contributed by atoms with Crippen molar-refractivity contribution >= 4 is 11.9 Å². The highest BCUT2D eigenvalue weighted by molar-refractivity contribution is 5.65. The highest BCUT2D eigenvalue weighted by Crippen LogP contribution is 2.21. The molecule has 0 atom stereocenters. The molecule has 0 saturated heterocycles. The van der Waals surface area contributed by atoms with E-state index in [-0.39, 0.29) is 5.54 Å². The minimum atomic E-state index is -0.956. The van der Waals surface area contributed by atoms with E-state index in [4.69, 9.17) is 5.11 Å². The van der Waals surface area contributed by atoms with Gasteiger partial charge in [-0.2, -0.15) is 0 Å². The van der Waals surface area contributed by atoms with Crippen LogP contribution in [0.5, 0.6) is 0 Å². The van der Waals surface area contributed by atoms with Crippen LogP contribution in [0.25, 0.3) is 0 Å². The van der Waals surface area contributed by atoms with Gasteiger partial charge in [-0.05, 0) is 57.6 Å². The summed E-state index contributed by atoms with van der Waals surface area (Å²) in [5, 5.41) is 14.7. The van der Waals surface area contributed by atoms with E-state index in [1.165, 1.54) is 12.0 Å².